The molecule has 0 atom stereocenters. The van der Waals surface area contributed by atoms with E-state index in [9.17, 15) is 0 Å². The lowest BCUT2D eigenvalue weighted by Gasteiger charge is -2.13. The molecule has 24 heavy (non-hydrogen) atoms. The highest BCUT2D eigenvalue weighted by Gasteiger charge is 2.07. The number of halogens is 1. The third-order valence-electron chi connectivity index (χ3n) is 3.15. The molecule has 0 aliphatic heterocycles. The SMILES string of the molecule is CN=C(NCc1noc(C)n1)NCc1ccc(OC)cc1OC.I. The lowest BCUT2D eigenvalue weighted by atomic mass is 10.2. The average molecular weight is 447 g/mol. The first-order valence-electron chi connectivity index (χ1n) is 7.11. The summed E-state index contributed by atoms with van der Waals surface area (Å²) in [5.74, 6) is 3.24. The van der Waals surface area contributed by atoms with Crippen LogP contribution in [0.15, 0.2) is 27.7 Å². The lowest BCUT2D eigenvalue weighted by Crippen LogP contribution is -2.36. The highest BCUT2D eigenvalue weighted by Crippen LogP contribution is 2.24. The molecule has 132 valence electrons. The van der Waals surface area contributed by atoms with Crippen molar-refractivity contribution in [2.75, 3.05) is 21.3 Å². The van der Waals surface area contributed by atoms with E-state index in [-0.39, 0.29) is 24.0 Å². The largest absolute Gasteiger partial charge is 0.497 e. The summed E-state index contributed by atoms with van der Waals surface area (Å²) >= 11 is 0. The van der Waals surface area contributed by atoms with Gasteiger partial charge in [0.1, 0.15) is 11.5 Å². The smallest absolute Gasteiger partial charge is 0.223 e. The quantitative estimate of drug-likeness (QED) is 0.397. The van der Waals surface area contributed by atoms with Gasteiger partial charge in [0.15, 0.2) is 11.8 Å². The summed E-state index contributed by atoms with van der Waals surface area (Å²) in [6.45, 7) is 2.73. The fourth-order valence-corrected chi connectivity index (χ4v) is 1.97. The van der Waals surface area contributed by atoms with E-state index < -0.39 is 0 Å². The Bertz CT molecular complexity index is 675. The van der Waals surface area contributed by atoms with Gasteiger partial charge in [-0.3, -0.25) is 4.99 Å². The van der Waals surface area contributed by atoms with Crippen LogP contribution in [0.2, 0.25) is 0 Å². The summed E-state index contributed by atoms with van der Waals surface area (Å²) in [4.78, 5) is 8.28. The molecule has 8 nitrogen and oxygen atoms in total. The van der Waals surface area contributed by atoms with E-state index in [1.807, 2.05) is 18.2 Å². The van der Waals surface area contributed by atoms with Gasteiger partial charge in [0.25, 0.3) is 0 Å². The molecule has 0 amide bonds. The van der Waals surface area contributed by atoms with Gasteiger partial charge in [0, 0.05) is 32.1 Å². The Hall–Kier alpha value is -2.04. The molecule has 0 radical (unpaired) electrons. The third kappa shape index (κ3) is 5.55. The summed E-state index contributed by atoms with van der Waals surface area (Å²) < 4.78 is 15.5. The predicted molar refractivity (Wildman–Crippen MR) is 101 cm³/mol. The number of nitrogens with zero attached hydrogens (tertiary/aromatic N) is 3. The van der Waals surface area contributed by atoms with E-state index >= 15 is 0 Å². The summed E-state index contributed by atoms with van der Waals surface area (Å²) in [5.41, 5.74) is 0.992. The number of aromatic nitrogens is 2. The van der Waals surface area contributed by atoms with Crippen LogP contribution in [0.25, 0.3) is 0 Å². The third-order valence-corrected chi connectivity index (χ3v) is 3.15. The number of aryl methyl sites for hydroxylation is 1. The Morgan fingerprint density at radius 2 is 1.96 bits per heavy atom. The van der Waals surface area contributed by atoms with Crippen LogP contribution in [0.5, 0.6) is 11.5 Å². The zero-order chi connectivity index (χ0) is 16.7. The van der Waals surface area contributed by atoms with Gasteiger partial charge >= 0.3 is 0 Å². The molecule has 2 N–H and O–H groups in total. The van der Waals surface area contributed by atoms with Crippen LogP contribution in [0.4, 0.5) is 0 Å². The van der Waals surface area contributed by atoms with Gasteiger partial charge in [-0.1, -0.05) is 5.16 Å². The van der Waals surface area contributed by atoms with E-state index in [0.717, 1.165) is 17.1 Å². The van der Waals surface area contributed by atoms with Gasteiger partial charge in [-0.25, -0.2) is 0 Å². The minimum atomic E-state index is 0. The second kappa shape index (κ2) is 9.96. The van der Waals surface area contributed by atoms with Gasteiger partial charge in [0.2, 0.25) is 5.89 Å². The van der Waals surface area contributed by atoms with Crippen molar-refractivity contribution >= 4 is 29.9 Å². The zero-order valence-electron chi connectivity index (χ0n) is 14.1. The highest BCUT2D eigenvalue weighted by atomic mass is 127. The number of hydrogen-bond acceptors (Lipinski definition) is 6. The van der Waals surface area contributed by atoms with Crippen LogP contribution in [0.3, 0.4) is 0 Å². The first-order chi connectivity index (χ1) is 11.2. The second-order valence-electron chi connectivity index (χ2n) is 4.69. The van der Waals surface area contributed by atoms with Gasteiger partial charge < -0.3 is 24.6 Å². The van der Waals surface area contributed by atoms with E-state index in [1.54, 1.807) is 28.2 Å². The van der Waals surface area contributed by atoms with Crippen molar-refractivity contribution in [1.82, 2.24) is 20.8 Å². The Balaban J connectivity index is 0.00000288. The van der Waals surface area contributed by atoms with E-state index in [4.69, 9.17) is 14.0 Å². The molecule has 2 aromatic rings. The maximum Gasteiger partial charge on any atom is 0.223 e. The molecule has 0 fully saturated rings. The average Bonchev–Trinajstić information content (AvgIpc) is 3.00. The molecule has 9 heteroatoms. The number of guanidine groups is 1. The Kier molecular flexibility index (Phi) is 8.30. The standard InChI is InChI=1S/C15H21N5O3.HI/c1-10-19-14(20-23-10)9-18-15(16-2)17-8-11-5-6-12(21-3)7-13(11)22-4;/h5-7H,8-9H2,1-4H3,(H2,16,17,18);1H. The Morgan fingerprint density at radius 3 is 2.54 bits per heavy atom. The molecular weight excluding hydrogens is 425 g/mol. The highest BCUT2D eigenvalue weighted by molar-refractivity contribution is 14.0. The molecular formula is C15H22IN5O3. The number of benzene rings is 1. The minimum Gasteiger partial charge on any atom is -0.497 e. The van der Waals surface area contributed by atoms with Gasteiger partial charge in [-0.05, 0) is 12.1 Å². The van der Waals surface area contributed by atoms with Crippen LogP contribution in [-0.2, 0) is 13.1 Å². The van der Waals surface area contributed by atoms with E-state index in [1.165, 1.54) is 0 Å². The van der Waals surface area contributed by atoms with E-state index in [2.05, 4.69) is 25.8 Å². The summed E-state index contributed by atoms with van der Waals surface area (Å²) in [5, 5.41) is 10.1. The van der Waals surface area contributed by atoms with E-state index in [0.29, 0.717) is 30.8 Å². The van der Waals surface area contributed by atoms with Gasteiger partial charge in [-0.2, -0.15) is 4.98 Å². The van der Waals surface area contributed by atoms with Crippen molar-refractivity contribution in [2.45, 2.75) is 20.0 Å². The topological polar surface area (TPSA) is 93.8 Å². The summed E-state index contributed by atoms with van der Waals surface area (Å²) in [6, 6.07) is 5.67. The number of rotatable bonds is 6. The monoisotopic (exact) mass is 447 g/mol. The maximum absolute atomic E-state index is 5.37. The Labute approximate surface area is 158 Å². The Morgan fingerprint density at radius 1 is 1.21 bits per heavy atom. The van der Waals surface area contributed by atoms with Crippen molar-refractivity contribution in [3.8, 4) is 11.5 Å². The molecule has 1 heterocycles. The summed E-state index contributed by atoms with van der Waals surface area (Å²) in [6.07, 6.45) is 0. The van der Waals surface area contributed by atoms with Crippen molar-refractivity contribution in [1.29, 1.82) is 0 Å². The van der Waals surface area contributed by atoms with Crippen LogP contribution < -0.4 is 20.1 Å². The fraction of sp³-hybridized carbons (Fsp3) is 0.400. The molecule has 0 saturated carbocycles. The number of aliphatic imine (C=N–C) groups is 1. The molecule has 0 spiro atoms. The normalized spacial score (nSPS) is 10.8. The molecule has 0 saturated heterocycles. The predicted octanol–water partition coefficient (Wildman–Crippen LogP) is 1.88. The fourth-order valence-electron chi connectivity index (χ4n) is 1.97. The van der Waals surface area contributed by atoms with Crippen molar-refractivity contribution in [3.05, 3.63) is 35.5 Å². The molecule has 1 aromatic carbocycles. The van der Waals surface area contributed by atoms with Gasteiger partial charge in [0.05, 0.1) is 20.8 Å². The van der Waals surface area contributed by atoms with Crippen LogP contribution in [0, 0.1) is 6.92 Å². The molecule has 0 bridgehead atoms. The van der Waals surface area contributed by atoms with Crippen LogP contribution in [0.1, 0.15) is 17.3 Å². The minimum absolute atomic E-state index is 0. The van der Waals surface area contributed by atoms with Crippen LogP contribution >= 0.6 is 24.0 Å². The molecule has 0 aliphatic carbocycles. The zero-order valence-corrected chi connectivity index (χ0v) is 16.5. The number of methoxy groups -OCH3 is 2. The first kappa shape index (κ1) is 20.0. The number of hydrogen-bond donors (Lipinski definition) is 2. The van der Waals surface area contributed by atoms with Crippen LogP contribution in [-0.4, -0.2) is 37.4 Å². The molecule has 0 unspecified atom stereocenters. The van der Waals surface area contributed by atoms with Crippen molar-refractivity contribution < 1.29 is 14.0 Å². The number of nitrogens with one attached hydrogen (secondary N) is 2. The number of ether oxygens (including phenoxy) is 2. The molecule has 0 aliphatic rings. The van der Waals surface area contributed by atoms with Crippen molar-refractivity contribution in [2.24, 2.45) is 4.99 Å². The molecule has 2 rings (SSSR count). The molecule has 1 aromatic heterocycles. The van der Waals surface area contributed by atoms with Gasteiger partial charge in [-0.15, -0.1) is 24.0 Å². The maximum atomic E-state index is 5.37. The van der Waals surface area contributed by atoms with Crippen molar-refractivity contribution in [3.63, 3.8) is 0 Å². The summed E-state index contributed by atoms with van der Waals surface area (Å²) in [7, 11) is 4.95. The first-order valence-corrected chi connectivity index (χ1v) is 7.11. The second-order valence-corrected chi connectivity index (χ2v) is 4.69. The lowest BCUT2D eigenvalue weighted by molar-refractivity contribution is 0.386.